The van der Waals surface area contributed by atoms with Crippen LogP contribution in [-0.2, 0) is 6.54 Å². The van der Waals surface area contributed by atoms with Gasteiger partial charge in [0.2, 0.25) is 0 Å². The van der Waals surface area contributed by atoms with Gasteiger partial charge in [0.1, 0.15) is 5.82 Å². The molecule has 134 valence electrons. The van der Waals surface area contributed by atoms with Crippen LogP contribution in [0.3, 0.4) is 0 Å². The molecule has 0 amide bonds. The molecule has 2 aromatic heterocycles. The zero-order valence-corrected chi connectivity index (χ0v) is 14.0. The van der Waals surface area contributed by atoms with Crippen LogP contribution in [0.4, 0.5) is 19.0 Å². The van der Waals surface area contributed by atoms with E-state index in [0.717, 1.165) is 17.0 Å². The first-order chi connectivity index (χ1) is 13.1. The maximum atomic E-state index is 13.9. The molecule has 0 atom stereocenters. The minimum Gasteiger partial charge on any atom is -0.365 e. The SMILES string of the molecule is Fc1ccc(CNc2nc(-c3cccnc3)nc3ccccc23)c(F)c1F. The van der Waals surface area contributed by atoms with Gasteiger partial charge in [-0.3, -0.25) is 4.98 Å². The van der Waals surface area contributed by atoms with Gasteiger partial charge in [0.05, 0.1) is 5.52 Å². The van der Waals surface area contributed by atoms with Crippen LogP contribution in [0.1, 0.15) is 5.56 Å². The number of fused-ring (bicyclic) bond motifs is 1. The number of benzene rings is 2. The molecule has 4 rings (SSSR count). The van der Waals surface area contributed by atoms with Crippen molar-refractivity contribution < 1.29 is 13.2 Å². The molecule has 0 fully saturated rings. The van der Waals surface area contributed by atoms with E-state index in [1.165, 1.54) is 6.07 Å². The second-order valence-corrected chi connectivity index (χ2v) is 5.84. The first-order valence-electron chi connectivity index (χ1n) is 8.17. The van der Waals surface area contributed by atoms with E-state index in [-0.39, 0.29) is 12.1 Å². The second kappa shape index (κ2) is 7.03. The Morgan fingerprint density at radius 2 is 1.70 bits per heavy atom. The van der Waals surface area contributed by atoms with E-state index >= 15 is 0 Å². The molecule has 0 aliphatic rings. The van der Waals surface area contributed by atoms with Crippen molar-refractivity contribution in [3.63, 3.8) is 0 Å². The van der Waals surface area contributed by atoms with Gasteiger partial charge in [-0.2, -0.15) is 0 Å². The summed E-state index contributed by atoms with van der Waals surface area (Å²) < 4.78 is 40.5. The minimum atomic E-state index is -1.49. The zero-order valence-electron chi connectivity index (χ0n) is 14.0. The number of anilines is 1. The Balaban J connectivity index is 1.74. The average Bonchev–Trinajstić information content (AvgIpc) is 2.72. The van der Waals surface area contributed by atoms with Crippen molar-refractivity contribution >= 4 is 16.7 Å². The van der Waals surface area contributed by atoms with Crippen molar-refractivity contribution in [3.8, 4) is 11.4 Å². The summed E-state index contributed by atoms with van der Waals surface area (Å²) in [7, 11) is 0. The molecule has 0 aliphatic carbocycles. The van der Waals surface area contributed by atoms with Crippen molar-refractivity contribution in [1.29, 1.82) is 0 Å². The highest BCUT2D eigenvalue weighted by Gasteiger charge is 2.14. The summed E-state index contributed by atoms with van der Waals surface area (Å²) in [5.74, 6) is -3.01. The molecular formula is C20H13F3N4. The van der Waals surface area contributed by atoms with Gasteiger partial charge in [0.15, 0.2) is 23.3 Å². The summed E-state index contributed by atoms with van der Waals surface area (Å²) >= 11 is 0. The van der Waals surface area contributed by atoms with Gasteiger partial charge in [0.25, 0.3) is 0 Å². The molecule has 2 aromatic carbocycles. The fraction of sp³-hybridized carbons (Fsp3) is 0.0500. The number of hydrogen-bond acceptors (Lipinski definition) is 4. The lowest BCUT2D eigenvalue weighted by molar-refractivity contribution is 0.442. The lowest BCUT2D eigenvalue weighted by atomic mass is 10.1. The molecule has 0 unspecified atom stereocenters. The number of aromatic nitrogens is 3. The molecule has 1 N–H and O–H groups in total. The molecule has 4 aromatic rings. The fourth-order valence-corrected chi connectivity index (χ4v) is 2.72. The van der Waals surface area contributed by atoms with Crippen LogP contribution in [0, 0.1) is 17.5 Å². The van der Waals surface area contributed by atoms with E-state index in [9.17, 15) is 13.2 Å². The summed E-state index contributed by atoms with van der Waals surface area (Å²) in [6.45, 7) is -0.0590. The molecule has 0 radical (unpaired) electrons. The number of para-hydroxylation sites is 1. The molecule has 2 heterocycles. The predicted octanol–water partition coefficient (Wildman–Crippen LogP) is 4.72. The van der Waals surface area contributed by atoms with Gasteiger partial charge in [-0.25, -0.2) is 23.1 Å². The van der Waals surface area contributed by atoms with Crippen LogP contribution < -0.4 is 5.32 Å². The Labute approximate surface area is 152 Å². The van der Waals surface area contributed by atoms with E-state index < -0.39 is 17.5 Å². The summed E-state index contributed by atoms with van der Waals surface area (Å²) in [6, 6.07) is 13.0. The van der Waals surface area contributed by atoms with Crippen LogP contribution in [0.15, 0.2) is 60.9 Å². The number of nitrogens with one attached hydrogen (secondary N) is 1. The van der Waals surface area contributed by atoms with Crippen LogP contribution in [0.5, 0.6) is 0 Å². The van der Waals surface area contributed by atoms with Gasteiger partial charge in [0, 0.05) is 35.5 Å². The Morgan fingerprint density at radius 1 is 0.852 bits per heavy atom. The maximum Gasteiger partial charge on any atom is 0.194 e. The van der Waals surface area contributed by atoms with Crippen molar-refractivity contribution in [2.45, 2.75) is 6.54 Å². The summed E-state index contributed by atoms with van der Waals surface area (Å²) in [4.78, 5) is 13.1. The first-order valence-corrected chi connectivity index (χ1v) is 8.17. The van der Waals surface area contributed by atoms with E-state index in [1.807, 2.05) is 30.3 Å². The van der Waals surface area contributed by atoms with Crippen molar-refractivity contribution in [3.05, 3.63) is 83.9 Å². The van der Waals surface area contributed by atoms with Crippen LogP contribution in [0.2, 0.25) is 0 Å². The Morgan fingerprint density at radius 3 is 2.52 bits per heavy atom. The molecule has 0 aliphatic heterocycles. The number of pyridine rings is 1. The highest BCUT2D eigenvalue weighted by Crippen LogP contribution is 2.25. The highest BCUT2D eigenvalue weighted by molar-refractivity contribution is 5.90. The van der Waals surface area contributed by atoms with Gasteiger partial charge in [-0.15, -0.1) is 0 Å². The summed E-state index contributed by atoms with van der Waals surface area (Å²) in [6.07, 6.45) is 3.29. The van der Waals surface area contributed by atoms with Crippen molar-refractivity contribution in [1.82, 2.24) is 15.0 Å². The maximum absolute atomic E-state index is 13.9. The quantitative estimate of drug-likeness (QED) is 0.531. The van der Waals surface area contributed by atoms with E-state index in [2.05, 4.69) is 20.3 Å². The molecular weight excluding hydrogens is 353 g/mol. The van der Waals surface area contributed by atoms with Gasteiger partial charge >= 0.3 is 0 Å². The Bertz CT molecular complexity index is 1120. The monoisotopic (exact) mass is 366 g/mol. The van der Waals surface area contributed by atoms with Gasteiger partial charge < -0.3 is 5.32 Å². The second-order valence-electron chi connectivity index (χ2n) is 5.84. The largest absolute Gasteiger partial charge is 0.365 e. The molecule has 0 spiro atoms. The third-order valence-corrected chi connectivity index (χ3v) is 4.08. The topological polar surface area (TPSA) is 50.7 Å². The van der Waals surface area contributed by atoms with Crippen molar-refractivity contribution in [2.75, 3.05) is 5.32 Å². The lowest BCUT2D eigenvalue weighted by Gasteiger charge is -2.12. The Kier molecular flexibility index (Phi) is 4.42. The van der Waals surface area contributed by atoms with Gasteiger partial charge in [-0.05, 0) is 30.3 Å². The van der Waals surface area contributed by atoms with Crippen LogP contribution in [0.25, 0.3) is 22.3 Å². The smallest absolute Gasteiger partial charge is 0.194 e. The average molecular weight is 366 g/mol. The number of hydrogen-bond donors (Lipinski definition) is 1. The third kappa shape index (κ3) is 3.31. The summed E-state index contributed by atoms with van der Waals surface area (Å²) in [5.41, 5.74) is 1.42. The third-order valence-electron chi connectivity index (χ3n) is 4.08. The Hall–Kier alpha value is -3.48. The number of halogens is 3. The zero-order chi connectivity index (χ0) is 18.8. The normalized spacial score (nSPS) is 10.9. The predicted molar refractivity (Wildman–Crippen MR) is 96.4 cm³/mol. The lowest BCUT2D eigenvalue weighted by Crippen LogP contribution is -2.07. The number of rotatable bonds is 4. The van der Waals surface area contributed by atoms with E-state index in [1.54, 1.807) is 18.5 Å². The standard InChI is InChI=1S/C20H13F3N4/c21-15-8-7-12(17(22)18(15)23)11-25-20-14-5-1-2-6-16(14)26-19(27-20)13-4-3-9-24-10-13/h1-10H,11H2,(H,25,26,27). The van der Waals surface area contributed by atoms with Gasteiger partial charge in [-0.1, -0.05) is 18.2 Å². The molecule has 4 nitrogen and oxygen atoms in total. The first kappa shape index (κ1) is 17.0. The van der Waals surface area contributed by atoms with Crippen molar-refractivity contribution in [2.24, 2.45) is 0 Å². The van der Waals surface area contributed by atoms with E-state index in [0.29, 0.717) is 17.2 Å². The van der Waals surface area contributed by atoms with Crippen LogP contribution in [-0.4, -0.2) is 15.0 Å². The summed E-state index contributed by atoms with van der Waals surface area (Å²) in [5, 5.41) is 3.73. The fourth-order valence-electron chi connectivity index (χ4n) is 2.72. The molecule has 0 saturated carbocycles. The molecule has 0 saturated heterocycles. The molecule has 7 heteroatoms. The molecule has 0 bridgehead atoms. The minimum absolute atomic E-state index is 0.000443. The number of nitrogens with zero attached hydrogens (tertiary/aromatic N) is 3. The highest BCUT2D eigenvalue weighted by atomic mass is 19.2. The van der Waals surface area contributed by atoms with Crippen LogP contribution >= 0.6 is 0 Å². The van der Waals surface area contributed by atoms with E-state index in [4.69, 9.17) is 0 Å². The molecule has 27 heavy (non-hydrogen) atoms.